The van der Waals surface area contributed by atoms with Gasteiger partial charge in [0, 0.05) is 44.1 Å². The number of likely N-dealkylation sites (tertiary alicyclic amines) is 1. The van der Waals surface area contributed by atoms with Crippen molar-refractivity contribution >= 4 is 11.9 Å². The standard InChI is InChI=1S/C20H26N2O3.2C2HF3O2/c1-2-9-21-19(3-1)24-13-5-18-6-14-25-20(18)7-10-22(11-8-20)15-17-4-12-23-16-17;2*3-2(4,5)1(6)7/h1-4,9,12,16,18H,5-8,10-11,13-15H2;2*(H,6,7). The van der Waals surface area contributed by atoms with E-state index in [1.807, 2.05) is 30.5 Å². The highest BCUT2D eigenvalue weighted by Gasteiger charge is 2.45. The Bertz CT molecular complexity index is 984. The molecular formula is C24H28F6N2O7. The van der Waals surface area contributed by atoms with E-state index in [1.165, 1.54) is 5.56 Å². The van der Waals surface area contributed by atoms with E-state index < -0.39 is 24.3 Å². The lowest BCUT2D eigenvalue weighted by Crippen LogP contribution is -2.47. The first-order chi connectivity index (χ1) is 18.2. The molecule has 4 rings (SSSR count). The van der Waals surface area contributed by atoms with Crippen LogP contribution in [0.2, 0.25) is 0 Å². The van der Waals surface area contributed by atoms with Gasteiger partial charge in [-0.1, -0.05) is 6.07 Å². The molecule has 218 valence electrons. The Balaban J connectivity index is 0.000000317. The molecule has 1 unspecified atom stereocenters. The maximum atomic E-state index is 10.6. The van der Waals surface area contributed by atoms with Gasteiger partial charge in [-0.05, 0) is 43.7 Å². The van der Waals surface area contributed by atoms with E-state index in [0.717, 1.165) is 51.9 Å². The Morgan fingerprint density at radius 3 is 2.15 bits per heavy atom. The second-order valence-corrected chi connectivity index (χ2v) is 8.72. The fourth-order valence-corrected chi connectivity index (χ4v) is 4.21. The van der Waals surface area contributed by atoms with Gasteiger partial charge in [-0.2, -0.15) is 26.3 Å². The van der Waals surface area contributed by atoms with Crippen molar-refractivity contribution in [1.82, 2.24) is 9.88 Å². The number of nitrogens with zero attached hydrogens (tertiary/aromatic N) is 2. The van der Waals surface area contributed by atoms with E-state index in [2.05, 4.69) is 9.88 Å². The topological polar surface area (TPSA) is 122 Å². The largest absolute Gasteiger partial charge is 0.490 e. The van der Waals surface area contributed by atoms with Crippen molar-refractivity contribution < 1.29 is 60.0 Å². The van der Waals surface area contributed by atoms with Crippen LogP contribution in [0.4, 0.5) is 26.3 Å². The molecule has 2 aliphatic heterocycles. The highest BCUT2D eigenvalue weighted by Crippen LogP contribution is 2.42. The van der Waals surface area contributed by atoms with Crippen LogP contribution in [0.5, 0.6) is 5.88 Å². The lowest BCUT2D eigenvalue weighted by Gasteiger charge is -2.42. The summed E-state index contributed by atoms with van der Waals surface area (Å²) in [5.74, 6) is -4.21. The van der Waals surface area contributed by atoms with E-state index in [1.54, 1.807) is 12.5 Å². The van der Waals surface area contributed by atoms with E-state index in [9.17, 15) is 26.3 Å². The Morgan fingerprint density at radius 2 is 1.67 bits per heavy atom. The van der Waals surface area contributed by atoms with Crippen molar-refractivity contribution in [1.29, 1.82) is 0 Å². The molecule has 9 nitrogen and oxygen atoms in total. The van der Waals surface area contributed by atoms with Gasteiger partial charge >= 0.3 is 24.3 Å². The normalized spacial score (nSPS) is 18.9. The maximum Gasteiger partial charge on any atom is 0.490 e. The fourth-order valence-electron chi connectivity index (χ4n) is 4.21. The van der Waals surface area contributed by atoms with Crippen molar-refractivity contribution in [2.75, 3.05) is 26.3 Å². The number of alkyl halides is 6. The van der Waals surface area contributed by atoms with Crippen molar-refractivity contribution in [2.24, 2.45) is 5.92 Å². The van der Waals surface area contributed by atoms with E-state index in [4.69, 9.17) is 33.7 Å². The third-order valence-electron chi connectivity index (χ3n) is 6.13. The molecule has 4 heterocycles. The van der Waals surface area contributed by atoms with Gasteiger partial charge in [-0.15, -0.1) is 0 Å². The third-order valence-corrected chi connectivity index (χ3v) is 6.13. The summed E-state index contributed by atoms with van der Waals surface area (Å²) in [5, 5.41) is 14.2. The van der Waals surface area contributed by atoms with Gasteiger partial charge in [0.15, 0.2) is 0 Å². The predicted molar refractivity (Wildman–Crippen MR) is 122 cm³/mol. The predicted octanol–water partition coefficient (Wildman–Crippen LogP) is 4.78. The van der Waals surface area contributed by atoms with Gasteiger partial charge in [-0.3, -0.25) is 4.90 Å². The van der Waals surface area contributed by atoms with Crippen LogP contribution in [0.1, 0.15) is 31.2 Å². The Morgan fingerprint density at radius 1 is 1.05 bits per heavy atom. The molecular weight excluding hydrogens is 542 g/mol. The minimum Gasteiger partial charge on any atom is -0.478 e. The molecule has 0 saturated carbocycles. The zero-order chi connectivity index (χ0) is 29.1. The van der Waals surface area contributed by atoms with Crippen LogP contribution < -0.4 is 4.74 Å². The number of aromatic nitrogens is 1. The highest BCUT2D eigenvalue weighted by atomic mass is 19.4. The van der Waals surface area contributed by atoms with Crippen LogP contribution in [0.3, 0.4) is 0 Å². The summed E-state index contributed by atoms with van der Waals surface area (Å²) >= 11 is 0. The molecule has 1 spiro atoms. The number of rotatable bonds is 6. The summed E-state index contributed by atoms with van der Waals surface area (Å²) in [5.41, 5.74) is 1.31. The van der Waals surface area contributed by atoms with Gasteiger partial charge in [-0.25, -0.2) is 14.6 Å². The van der Waals surface area contributed by atoms with Gasteiger partial charge in [0.1, 0.15) is 0 Å². The Hall–Kier alpha value is -3.33. The average Bonchev–Trinajstić information content (AvgIpc) is 3.51. The number of carboxylic acid groups (broad SMARTS) is 2. The second kappa shape index (κ2) is 14.2. The number of ether oxygens (including phenoxy) is 2. The molecule has 0 aliphatic carbocycles. The van der Waals surface area contributed by atoms with Crippen LogP contribution in [0, 0.1) is 5.92 Å². The molecule has 2 fully saturated rings. The van der Waals surface area contributed by atoms with Crippen LogP contribution >= 0.6 is 0 Å². The summed E-state index contributed by atoms with van der Waals surface area (Å²) in [6.45, 7) is 4.74. The molecule has 2 N–H and O–H groups in total. The number of carboxylic acids is 2. The number of pyridine rings is 1. The maximum absolute atomic E-state index is 10.6. The molecule has 0 aromatic carbocycles. The number of aliphatic carboxylic acids is 2. The van der Waals surface area contributed by atoms with Gasteiger partial charge < -0.3 is 24.1 Å². The van der Waals surface area contributed by atoms with Crippen molar-refractivity contribution in [3.63, 3.8) is 0 Å². The Kier molecular flexibility index (Phi) is 11.6. The second-order valence-electron chi connectivity index (χ2n) is 8.72. The van der Waals surface area contributed by atoms with Crippen molar-refractivity contribution in [3.05, 3.63) is 48.6 Å². The first-order valence-electron chi connectivity index (χ1n) is 11.7. The van der Waals surface area contributed by atoms with Crippen LogP contribution in [-0.2, 0) is 20.9 Å². The van der Waals surface area contributed by atoms with Crippen LogP contribution in [-0.4, -0.2) is 76.3 Å². The summed E-state index contributed by atoms with van der Waals surface area (Å²) in [4.78, 5) is 24.5. The first kappa shape index (κ1) is 31.9. The Labute approximate surface area is 219 Å². The number of furan rings is 1. The molecule has 2 saturated heterocycles. The zero-order valence-corrected chi connectivity index (χ0v) is 20.6. The molecule has 2 aromatic heterocycles. The molecule has 0 amide bonds. The number of halogens is 6. The monoisotopic (exact) mass is 570 g/mol. The lowest BCUT2D eigenvalue weighted by molar-refractivity contribution is -0.193. The SMILES string of the molecule is O=C(O)C(F)(F)F.O=C(O)C(F)(F)F.c1ccc(OCCC2CCOC23CCN(Cc2ccoc2)CC3)nc1. The third kappa shape index (κ3) is 10.8. The van der Waals surface area contributed by atoms with E-state index in [-0.39, 0.29) is 5.60 Å². The molecule has 15 heteroatoms. The number of piperidine rings is 1. The number of carbonyl (C=O) groups is 2. The smallest absolute Gasteiger partial charge is 0.478 e. The minimum atomic E-state index is -5.08. The highest BCUT2D eigenvalue weighted by molar-refractivity contribution is 5.73. The molecule has 0 radical (unpaired) electrons. The number of hydrogen-bond acceptors (Lipinski definition) is 7. The minimum absolute atomic E-state index is 0.0559. The summed E-state index contributed by atoms with van der Waals surface area (Å²) in [6.07, 6.45) is -0.401. The molecule has 2 aromatic rings. The van der Waals surface area contributed by atoms with Crippen LogP contribution in [0.15, 0.2) is 47.4 Å². The first-order valence-corrected chi connectivity index (χ1v) is 11.7. The fraction of sp³-hybridized carbons (Fsp3) is 0.542. The zero-order valence-electron chi connectivity index (χ0n) is 20.6. The van der Waals surface area contributed by atoms with E-state index >= 15 is 0 Å². The average molecular weight is 570 g/mol. The quantitative estimate of drug-likeness (QED) is 0.473. The van der Waals surface area contributed by atoms with E-state index in [0.29, 0.717) is 18.4 Å². The summed E-state index contributed by atoms with van der Waals surface area (Å²) in [7, 11) is 0. The molecule has 2 aliphatic rings. The molecule has 39 heavy (non-hydrogen) atoms. The number of hydrogen-bond donors (Lipinski definition) is 2. The summed E-state index contributed by atoms with van der Waals surface area (Å²) in [6, 6.07) is 7.83. The molecule has 0 bridgehead atoms. The van der Waals surface area contributed by atoms with Gasteiger partial charge in [0.05, 0.1) is 24.7 Å². The van der Waals surface area contributed by atoms with Crippen molar-refractivity contribution in [2.45, 2.75) is 50.2 Å². The lowest BCUT2D eigenvalue weighted by atomic mass is 9.78. The van der Waals surface area contributed by atoms with Gasteiger partial charge in [0.25, 0.3) is 0 Å². The van der Waals surface area contributed by atoms with Crippen LogP contribution in [0.25, 0.3) is 0 Å². The van der Waals surface area contributed by atoms with Crippen molar-refractivity contribution in [3.8, 4) is 5.88 Å². The molecule has 1 atom stereocenters. The summed E-state index contributed by atoms with van der Waals surface area (Å²) < 4.78 is 80.7. The van der Waals surface area contributed by atoms with Gasteiger partial charge in [0.2, 0.25) is 5.88 Å².